The quantitative estimate of drug-likeness (QED) is 0.466. The maximum Gasteiger partial charge on any atom is 0.414 e. The molecule has 1 aromatic carbocycles. The molecule has 0 aromatic heterocycles. The Bertz CT molecular complexity index is 570. The minimum absolute atomic E-state index is 0.137. The van der Waals surface area contributed by atoms with E-state index < -0.39 is 22.9 Å². The molecule has 0 fully saturated rings. The molecule has 0 saturated carbocycles. The van der Waals surface area contributed by atoms with E-state index >= 15 is 0 Å². The molecule has 0 spiro atoms. The van der Waals surface area contributed by atoms with Gasteiger partial charge in [0.05, 0.1) is 0 Å². The van der Waals surface area contributed by atoms with Gasteiger partial charge >= 0.3 is 18.0 Å². The van der Waals surface area contributed by atoms with Gasteiger partial charge in [-0.2, -0.15) is 8.42 Å². The third kappa shape index (κ3) is 1.11. The van der Waals surface area contributed by atoms with Gasteiger partial charge in [-0.15, -0.1) is 0 Å². The fraction of sp³-hybridized carbons (Fsp3) is 0. The van der Waals surface area contributed by atoms with Crippen molar-refractivity contribution in [1.82, 2.24) is 0 Å². The molecule has 0 atom stereocenters. The van der Waals surface area contributed by atoms with Gasteiger partial charge in [-0.05, 0) is 16.5 Å². The third-order valence-electron chi connectivity index (χ3n) is 1.59. The van der Waals surface area contributed by atoms with Crippen LogP contribution in [0.5, 0.6) is 5.75 Å². The topological polar surface area (TPSA) is 86.7 Å². The van der Waals surface area contributed by atoms with Crippen LogP contribution in [-0.2, 0) is 22.4 Å². The summed E-state index contributed by atoms with van der Waals surface area (Å²) < 4.78 is 48.3. The lowest BCUT2D eigenvalue weighted by atomic mass is 10.3. The van der Waals surface area contributed by atoms with Crippen LogP contribution in [0.25, 0.3) is 0 Å². The van der Waals surface area contributed by atoms with Gasteiger partial charge in [-0.3, -0.25) is 0 Å². The fourth-order valence-electron chi connectivity index (χ4n) is 0.950. The molecular formula is C6H4O6S2. The summed E-state index contributed by atoms with van der Waals surface area (Å²) in [6.07, 6.45) is 0. The highest BCUT2D eigenvalue weighted by atomic mass is 33.2. The summed E-state index contributed by atoms with van der Waals surface area (Å²) in [5.74, 6) is -0.137. The summed E-state index contributed by atoms with van der Waals surface area (Å²) in [5.41, 5.74) is 0. The maximum absolute atomic E-state index is 11.3. The van der Waals surface area contributed by atoms with E-state index in [1.165, 1.54) is 18.2 Å². The Labute approximate surface area is 79.4 Å². The zero-order valence-electron chi connectivity index (χ0n) is 6.58. The van der Waals surface area contributed by atoms with E-state index in [-0.39, 0.29) is 5.75 Å². The molecule has 1 aliphatic heterocycles. The number of benzene rings is 1. The summed E-state index contributed by atoms with van der Waals surface area (Å²) in [7, 11) is -9.22. The van der Waals surface area contributed by atoms with E-state index in [0.29, 0.717) is 0 Å². The van der Waals surface area contributed by atoms with Crippen LogP contribution in [0.1, 0.15) is 0 Å². The van der Waals surface area contributed by atoms with Crippen LogP contribution in [0.3, 0.4) is 0 Å². The van der Waals surface area contributed by atoms with Gasteiger partial charge < -0.3 is 4.89 Å². The molecule has 0 saturated heterocycles. The number of fused-ring (bicyclic) bond motifs is 1. The Morgan fingerprint density at radius 2 is 1.64 bits per heavy atom. The van der Waals surface area contributed by atoms with Crippen molar-refractivity contribution in [3.8, 4) is 5.75 Å². The van der Waals surface area contributed by atoms with Crippen molar-refractivity contribution in [3.63, 3.8) is 0 Å². The van der Waals surface area contributed by atoms with Crippen molar-refractivity contribution in [1.29, 1.82) is 0 Å². The Kier molecular flexibility index (Phi) is 1.81. The van der Waals surface area contributed by atoms with E-state index in [9.17, 15) is 16.8 Å². The van der Waals surface area contributed by atoms with Gasteiger partial charge in [0, 0.05) is 0 Å². The number of rotatable bonds is 0. The molecule has 1 aromatic rings. The molecule has 0 unspecified atom stereocenters. The number of hydrogen-bond donors (Lipinski definition) is 0. The van der Waals surface area contributed by atoms with E-state index in [1.54, 1.807) is 0 Å². The average Bonchev–Trinajstić information content (AvgIpc) is 2.13. The van der Waals surface area contributed by atoms with Crippen molar-refractivity contribution in [3.05, 3.63) is 24.3 Å². The summed E-state index contributed by atoms with van der Waals surface area (Å²) >= 11 is 0. The number of hydrogen-bond acceptors (Lipinski definition) is 6. The Balaban J connectivity index is 2.83. The standard InChI is InChI=1S/C6H4O6S2/c7-13(8)6-4-2-1-3-5(6)11-12-14(13,9)10/h1-4H. The second kappa shape index (κ2) is 2.69. The first kappa shape index (κ1) is 9.44. The van der Waals surface area contributed by atoms with Crippen LogP contribution >= 0.6 is 0 Å². The first-order valence-corrected chi connectivity index (χ1v) is 6.81. The third-order valence-corrected chi connectivity index (χ3v) is 5.56. The van der Waals surface area contributed by atoms with Crippen LogP contribution < -0.4 is 4.89 Å². The second-order valence-electron chi connectivity index (χ2n) is 2.46. The van der Waals surface area contributed by atoms with Crippen molar-refractivity contribution < 1.29 is 26.1 Å². The smallest absolute Gasteiger partial charge is 0.319 e. The van der Waals surface area contributed by atoms with Crippen molar-refractivity contribution in [2.24, 2.45) is 0 Å². The molecular weight excluding hydrogens is 232 g/mol. The van der Waals surface area contributed by atoms with Gasteiger partial charge in [0.15, 0.2) is 5.75 Å². The molecule has 6 nitrogen and oxygen atoms in total. The lowest BCUT2D eigenvalue weighted by Gasteiger charge is -2.14. The largest absolute Gasteiger partial charge is 0.414 e. The predicted octanol–water partition coefficient (Wildman–Crippen LogP) is 0.0291. The molecule has 2 rings (SSSR count). The molecule has 0 bridgehead atoms. The second-order valence-corrected chi connectivity index (χ2v) is 7.30. The summed E-state index contributed by atoms with van der Waals surface area (Å²) in [5, 5.41) is 0. The minimum Gasteiger partial charge on any atom is -0.319 e. The molecule has 14 heavy (non-hydrogen) atoms. The molecule has 76 valence electrons. The zero-order valence-corrected chi connectivity index (χ0v) is 8.21. The van der Waals surface area contributed by atoms with Gasteiger partial charge in [0.2, 0.25) is 0 Å². The molecule has 0 amide bonds. The Hall–Kier alpha value is -1.12. The van der Waals surface area contributed by atoms with Crippen LogP contribution in [0.4, 0.5) is 0 Å². The Morgan fingerprint density at radius 1 is 1.00 bits per heavy atom. The monoisotopic (exact) mass is 236 g/mol. The van der Waals surface area contributed by atoms with Crippen molar-refractivity contribution >= 4 is 18.0 Å². The molecule has 0 radical (unpaired) electrons. The molecule has 1 aliphatic rings. The van der Waals surface area contributed by atoms with Gasteiger partial charge in [-0.1, -0.05) is 12.1 Å². The van der Waals surface area contributed by atoms with Crippen LogP contribution in [0.2, 0.25) is 0 Å². The van der Waals surface area contributed by atoms with Crippen LogP contribution in [0, 0.1) is 0 Å². The highest BCUT2D eigenvalue weighted by molar-refractivity contribution is 8.65. The molecule has 0 aliphatic carbocycles. The summed E-state index contributed by atoms with van der Waals surface area (Å²) in [6.45, 7) is 0. The van der Waals surface area contributed by atoms with Crippen LogP contribution in [0.15, 0.2) is 29.2 Å². The minimum atomic E-state index is -4.72. The normalized spacial score (nSPS) is 22.0. The highest BCUT2D eigenvalue weighted by Gasteiger charge is 2.41. The first-order chi connectivity index (χ1) is 6.45. The van der Waals surface area contributed by atoms with Crippen LogP contribution in [-0.4, -0.2) is 16.8 Å². The van der Waals surface area contributed by atoms with E-state index in [0.717, 1.165) is 6.07 Å². The Morgan fingerprint density at radius 3 is 2.36 bits per heavy atom. The van der Waals surface area contributed by atoms with Gasteiger partial charge in [-0.25, -0.2) is 8.42 Å². The van der Waals surface area contributed by atoms with Crippen molar-refractivity contribution in [2.45, 2.75) is 4.90 Å². The first-order valence-electron chi connectivity index (χ1n) is 3.40. The summed E-state index contributed by atoms with van der Waals surface area (Å²) in [4.78, 5) is 3.90. The number of para-hydroxylation sites is 1. The molecule has 8 heteroatoms. The van der Waals surface area contributed by atoms with Gasteiger partial charge in [0.1, 0.15) is 4.90 Å². The highest BCUT2D eigenvalue weighted by Crippen LogP contribution is 2.32. The fourth-order valence-corrected chi connectivity index (χ4v) is 3.37. The molecule has 1 heterocycles. The lowest BCUT2D eigenvalue weighted by molar-refractivity contribution is -0.0945. The van der Waals surface area contributed by atoms with E-state index in [4.69, 9.17) is 0 Å². The lowest BCUT2D eigenvalue weighted by Crippen LogP contribution is -2.25. The molecule has 0 N–H and O–H groups in total. The maximum atomic E-state index is 11.3. The summed E-state index contributed by atoms with van der Waals surface area (Å²) in [6, 6.07) is 5.31. The van der Waals surface area contributed by atoms with Crippen molar-refractivity contribution in [2.75, 3.05) is 0 Å². The zero-order chi connectivity index (χ0) is 10.4. The predicted molar refractivity (Wildman–Crippen MR) is 44.3 cm³/mol. The van der Waals surface area contributed by atoms with Gasteiger partial charge in [0.25, 0.3) is 0 Å². The SMILES string of the molecule is O=S1(=O)OOc2ccccc2S1(=O)=O. The van der Waals surface area contributed by atoms with E-state index in [1.807, 2.05) is 0 Å². The van der Waals surface area contributed by atoms with E-state index in [2.05, 4.69) is 9.22 Å². The average molecular weight is 236 g/mol.